The molecule has 3 rings (SSSR count). The summed E-state index contributed by atoms with van der Waals surface area (Å²) < 4.78 is 19.7. The highest BCUT2D eigenvalue weighted by molar-refractivity contribution is 5.46. The Morgan fingerprint density at radius 3 is 3.05 bits per heavy atom. The smallest absolute Gasteiger partial charge is 0.164 e. The van der Waals surface area contributed by atoms with Gasteiger partial charge in [-0.05, 0) is 31.0 Å². The first-order valence-corrected chi connectivity index (χ1v) is 7.19. The van der Waals surface area contributed by atoms with E-state index in [-0.39, 0.29) is 11.9 Å². The van der Waals surface area contributed by atoms with Crippen molar-refractivity contribution in [2.75, 3.05) is 18.0 Å². The van der Waals surface area contributed by atoms with Gasteiger partial charge in [-0.15, -0.1) is 0 Å². The normalized spacial score (nSPS) is 18.7. The van der Waals surface area contributed by atoms with Crippen LogP contribution in [0.1, 0.15) is 18.5 Å². The first-order valence-electron chi connectivity index (χ1n) is 7.19. The molecule has 3 heterocycles. The van der Waals surface area contributed by atoms with Crippen LogP contribution >= 0.6 is 0 Å². The monoisotopic (exact) mass is 287 g/mol. The molecule has 0 spiro atoms. The summed E-state index contributed by atoms with van der Waals surface area (Å²) in [6.07, 6.45) is 6.74. The van der Waals surface area contributed by atoms with Crippen molar-refractivity contribution >= 4 is 5.69 Å². The average molecular weight is 287 g/mol. The molecule has 1 atom stereocenters. The maximum Gasteiger partial charge on any atom is 0.164 e. The Morgan fingerprint density at radius 1 is 1.29 bits per heavy atom. The number of anilines is 1. The number of nitrogens with zero attached hydrogens (tertiary/aromatic N) is 3. The second kappa shape index (κ2) is 6.63. The van der Waals surface area contributed by atoms with E-state index in [9.17, 15) is 4.39 Å². The molecule has 1 unspecified atom stereocenters. The highest BCUT2D eigenvalue weighted by Gasteiger charge is 2.22. The van der Waals surface area contributed by atoms with Crippen LogP contribution in [0.4, 0.5) is 10.1 Å². The lowest BCUT2D eigenvalue weighted by Gasteiger charge is -2.34. The van der Waals surface area contributed by atoms with E-state index in [2.05, 4.69) is 9.97 Å². The largest absolute Gasteiger partial charge is 0.370 e. The van der Waals surface area contributed by atoms with Crippen LogP contribution in [0.15, 0.2) is 42.9 Å². The van der Waals surface area contributed by atoms with Crippen LogP contribution in [-0.4, -0.2) is 29.2 Å². The van der Waals surface area contributed by atoms with Gasteiger partial charge in [0.15, 0.2) is 5.82 Å². The molecule has 21 heavy (non-hydrogen) atoms. The molecule has 1 fully saturated rings. The Labute approximate surface area is 123 Å². The summed E-state index contributed by atoms with van der Waals surface area (Å²) in [5, 5.41) is 0. The van der Waals surface area contributed by atoms with E-state index in [1.54, 1.807) is 18.5 Å². The van der Waals surface area contributed by atoms with Crippen LogP contribution in [-0.2, 0) is 11.3 Å². The summed E-state index contributed by atoms with van der Waals surface area (Å²) in [6, 6.07) is 7.50. The lowest BCUT2D eigenvalue weighted by atomic mass is 10.1. The van der Waals surface area contributed by atoms with Gasteiger partial charge < -0.3 is 9.64 Å². The Hall–Kier alpha value is -2.01. The number of rotatable bonds is 4. The molecule has 0 aliphatic carbocycles. The fraction of sp³-hybridized carbons (Fsp3) is 0.375. The molecule has 1 aliphatic heterocycles. The van der Waals surface area contributed by atoms with Crippen LogP contribution < -0.4 is 4.90 Å². The third-order valence-electron chi connectivity index (χ3n) is 3.66. The average Bonchev–Trinajstić information content (AvgIpc) is 2.55. The van der Waals surface area contributed by atoms with Gasteiger partial charge in [0.05, 0.1) is 30.3 Å². The van der Waals surface area contributed by atoms with Gasteiger partial charge in [0, 0.05) is 25.5 Å². The van der Waals surface area contributed by atoms with E-state index in [0.717, 1.165) is 25.1 Å². The Morgan fingerprint density at radius 2 is 2.24 bits per heavy atom. The zero-order valence-corrected chi connectivity index (χ0v) is 11.8. The van der Waals surface area contributed by atoms with Crippen LogP contribution in [0, 0.1) is 5.82 Å². The molecule has 110 valence electrons. The predicted molar refractivity (Wildman–Crippen MR) is 78.5 cm³/mol. The number of pyridine rings is 2. The van der Waals surface area contributed by atoms with Crippen LogP contribution in [0.3, 0.4) is 0 Å². The summed E-state index contributed by atoms with van der Waals surface area (Å²) in [4.78, 5) is 10.1. The minimum absolute atomic E-state index is 0.105. The van der Waals surface area contributed by atoms with E-state index in [1.807, 2.05) is 23.1 Å². The van der Waals surface area contributed by atoms with Crippen LogP contribution in [0.5, 0.6) is 0 Å². The van der Waals surface area contributed by atoms with Gasteiger partial charge in [-0.2, -0.15) is 0 Å². The summed E-state index contributed by atoms with van der Waals surface area (Å²) in [5.41, 5.74) is 1.53. The number of halogens is 1. The molecular weight excluding hydrogens is 269 g/mol. The first-order chi connectivity index (χ1) is 10.3. The number of piperidine rings is 1. The number of ether oxygens (including phenoxy) is 1. The second-order valence-corrected chi connectivity index (χ2v) is 5.17. The van der Waals surface area contributed by atoms with E-state index in [1.165, 1.54) is 6.20 Å². The lowest BCUT2D eigenvalue weighted by Crippen LogP contribution is -2.40. The molecule has 0 bridgehead atoms. The van der Waals surface area contributed by atoms with Crippen molar-refractivity contribution in [3.8, 4) is 0 Å². The molecule has 2 aromatic rings. The van der Waals surface area contributed by atoms with Crippen LogP contribution in [0.2, 0.25) is 0 Å². The minimum atomic E-state index is -0.275. The summed E-state index contributed by atoms with van der Waals surface area (Å²) >= 11 is 0. The maximum absolute atomic E-state index is 13.8. The van der Waals surface area contributed by atoms with Gasteiger partial charge in [-0.25, -0.2) is 4.39 Å². The molecule has 0 saturated carbocycles. The Balaban J connectivity index is 1.60. The van der Waals surface area contributed by atoms with Gasteiger partial charge in [-0.3, -0.25) is 9.97 Å². The molecule has 4 nitrogen and oxygen atoms in total. The van der Waals surface area contributed by atoms with Crippen molar-refractivity contribution in [3.05, 3.63) is 54.4 Å². The standard InChI is InChI=1S/C16H18FN3O/c17-15-10-18-8-6-16(15)20-9-3-5-14(11-20)21-12-13-4-1-2-7-19-13/h1-2,4,6-8,10,14H,3,5,9,11-12H2. The van der Waals surface area contributed by atoms with E-state index < -0.39 is 0 Å². The number of hydrogen-bond donors (Lipinski definition) is 0. The molecule has 5 heteroatoms. The molecular formula is C16H18FN3O. The topological polar surface area (TPSA) is 38.2 Å². The maximum atomic E-state index is 13.8. The Kier molecular flexibility index (Phi) is 4.40. The van der Waals surface area contributed by atoms with Crippen molar-refractivity contribution in [1.29, 1.82) is 0 Å². The number of hydrogen-bond acceptors (Lipinski definition) is 4. The Bertz CT molecular complexity index is 579. The van der Waals surface area contributed by atoms with Crippen molar-refractivity contribution in [3.63, 3.8) is 0 Å². The highest BCUT2D eigenvalue weighted by atomic mass is 19.1. The molecule has 0 N–H and O–H groups in total. The summed E-state index contributed by atoms with van der Waals surface area (Å²) in [5.74, 6) is -0.275. The quantitative estimate of drug-likeness (QED) is 0.866. The van der Waals surface area contributed by atoms with Gasteiger partial charge >= 0.3 is 0 Å². The minimum Gasteiger partial charge on any atom is -0.370 e. The predicted octanol–water partition coefficient (Wildman–Crippen LogP) is 2.80. The van der Waals surface area contributed by atoms with Crippen molar-refractivity contribution in [2.24, 2.45) is 0 Å². The first kappa shape index (κ1) is 13.9. The van der Waals surface area contributed by atoms with Gasteiger partial charge in [0.2, 0.25) is 0 Å². The molecule has 0 radical (unpaired) electrons. The van der Waals surface area contributed by atoms with Crippen molar-refractivity contribution < 1.29 is 9.13 Å². The molecule has 2 aromatic heterocycles. The van der Waals surface area contributed by atoms with Crippen molar-refractivity contribution in [1.82, 2.24) is 9.97 Å². The third-order valence-corrected chi connectivity index (χ3v) is 3.66. The van der Waals surface area contributed by atoms with E-state index >= 15 is 0 Å². The van der Waals surface area contributed by atoms with Crippen LogP contribution in [0.25, 0.3) is 0 Å². The molecule has 0 aromatic carbocycles. The van der Waals surface area contributed by atoms with Gasteiger partial charge in [0.25, 0.3) is 0 Å². The fourth-order valence-electron chi connectivity index (χ4n) is 2.60. The second-order valence-electron chi connectivity index (χ2n) is 5.17. The zero-order chi connectivity index (χ0) is 14.5. The SMILES string of the molecule is Fc1cnccc1N1CCCC(OCc2ccccn2)C1. The molecule has 1 aliphatic rings. The number of aromatic nitrogens is 2. The zero-order valence-electron chi connectivity index (χ0n) is 11.8. The van der Waals surface area contributed by atoms with E-state index in [4.69, 9.17) is 4.74 Å². The van der Waals surface area contributed by atoms with Gasteiger partial charge in [0.1, 0.15) is 0 Å². The lowest BCUT2D eigenvalue weighted by molar-refractivity contribution is 0.0297. The highest BCUT2D eigenvalue weighted by Crippen LogP contribution is 2.23. The van der Waals surface area contributed by atoms with E-state index in [0.29, 0.717) is 18.8 Å². The van der Waals surface area contributed by atoms with Gasteiger partial charge in [-0.1, -0.05) is 6.07 Å². The molecule has 1 saturated heterocycles. The van der Waals surface area contributed by atoms with Crippen molar-refractivity contribution in [2.45, 2.75) is 25.6 Å². The third kappa shape index (κ3) is 3.55. The fourth-order valence-corrected chi connectivity index (χ4v) is 2.60. The molecule has 0 amide bonds. The summed E-state index contributed by atoms with van der Waals surface area (Å²) in [7, 11) is 0. The summed E-state index contributed by atoms with van der Waals surface area (Å²) in [6.45, 7) is 2.05.